The summed E-state index contributed by atoms with van der Waals surface area (Å²) < 4.78 is 16.0. The fourth-order valence-corrected chi connectivity index (χ4v) is 3.04. The lowest BCUT2D eigenvalue weighted by Gasteiger charge is -2.18. The highest BCUT2D eigenvalue weighted by Crippen LogP contribution is 2.29. The Labute approximate surface area is 131 Å². The minimum absolute atomic E-state index is 0.00537. The molecule has 6 heteroatoms. The average molecular weight is 361 g/mol. The summed E-state index contributed by atoms with van der Waals surface area (Å²) in [6.07, 6.45) is 0.708. The summed E-state index contributed by atoms with van der Waals surface area (Å²) in [6, 6.07) is 4.48. The van der Waals surface area contributed by atoms with Crippen LogP contribution < -0.4 is 5.32 Å². The van der Waals surface area contributed by atoms with Gasteiger partial charge in [0.25, 0.3) is 0 Å². The van der Waals surface area contributed by atoms with Gasteiger partial charge in [0.05, 0.1) is 15.9 Å². The quantitative estimate of drug-likeness (QED) is 0.899. The van der Waals surface area contributed by atoms with E-state index in [9.17, 15) is 4.39 Å². The van der Waals surface area contributed by atoms with E-state index < -0.39 is 0 Å². The minimum atomic E-state index is -0.328. The van der Waals surface area contributed by atoms with Crippen LogP contribution in [0.2, 0.25) is 5.02 Å². The molecule has 1 N–H and O–H groups in total. The minimum Gasteiger partial charge on any atom is -0.313 e. The highest BCUT2D eigenvalue weighted by Gasteiger charge is 2.19. The van der Waals surface area contributed by atoms with Gasteiger partial charge >= 0.3 is 0 Å². The van der Waals surface area contributed by atoms with E-state index in [-0.39, 0.29) is 11.9 Å². The number of hydrogen-bond acceptors (Lipinski definition) is 2. The summed E-state index contributed by atoms with van der Waals surface area (Å²) in [5.41, 5.74) is 2.89. The van der Waals surface area contributed by atoms with Crippen LogP contribution >= 0.6 is 27.5 Å². The van der Waals surface area contributed by atoms with Crippen molar-refractivity contribution in [1.82, 2.24) is 15.1 Å². The van der Waals surface area contributed by atoms with Gasteiger partial charge in [-0.25, -0.2) is 4.39 Å². The number of nitrogens with zero attached hydrogens (tertiary/aromatic N) is 2. The van der Waals surface area contributed by atoms with Gasteiger partial charge in [0.15, 0.2) is 0 Å². The number of halogens is 3. The van der Waals surface area contributed by atoms with Crippen molar-refractivity contribution in [2.45, 2.75) is 19.4 Å². The molecule has 0 amide bonds. The number of nitrogens with one attached hydrogen (secondary N) is 1. The van der Waals surface area contributed by atoms with Crippen LogP contribution in [0, 0.1) is 12.7 Å². The highest BCUT2D eigenvalue weighted by molar-refractivity contribution is 9.10. The van der Waals surface area contributed by atoms with Gasteiger partial charge < -0.3 is 5.32 Å². The molecule has 0 aliphatic rings. The zero-order valence-corrected chi connectivity index (χ0v) is 13.9. The summed E-state index contributed by atoms with van der Waals surface area (Å²) in [5, 5.41) is 8.03. The largest absolute Gasteiger partial charge is 0.313 e. The van der Waals surface area contributed by atoms with Crippen molar-refractivity contribution in [3.05, 3.63) is 50.5 Å². The lowest BCUT2D eigenvalue weighted by Crippen LogP contribution is -2.20. The number of benzene rings is 1. The molecule has 20 heavy (non-hydrogen) atoms. The third kappa shape index (κ3) is 3.05. The molecule has 0 spiro atoms. The molecule has 0 bridgehead atoms. The van der Waals surface area contributed by atoms with Crippen LogP contribution in [0.1, 0.15) is 23.0 Å². The Morgan fingerprint density at radius 3 is 2.70 bits per heavy atom. The first-order chi connectivity index (χ1) is 9.43. The van der Waals surface area contributed by atoms with Crippen LogP contribution in [0.3, 0.4) is 0 Å². The van der Waals surface area contributed by atoms with Gasteiger partial charge in [-0.05, 0) is 47.6 Å². The van der Waals surface area contributed by atoms with Gasteiger partial charge in [0.2, 0.25) is 0 Å². The van der Waals surface area contributed by atoms with E-state index in [1.807, 2.05) is 25.7 Å². The van der Waals surface area contributed by atoms with Crippen molar-refractivity contribution >= 4 is 27.5 Å². The molecule has 2 aromatic rings. The maximum atomic E-state index is 13.1. The standard InChI is InChI=1S/C14H16BrClFN3/c1-8-14(15)13(20(3)19-8)7-12(18-2)10-5-4-9(17)6-11(10)16/h4-6,12,18H,7H2,1-3H3. The van der Waals surface area contributed by atoms with E-state index in [4.69, 9.17) is 11.6 Å². The molecule has 0 fully saturated rings. The predicted octanol–water partition coefficient (Wildman–Crippen LogP) is 3.79. The van der Waals surface area contributed by atoms with E-state index in [2.05, 4.69) is 26.3 Å². The Balaban J connectivity index is 2.33. The summed E-state index contributed by atoms with van der Waals surface area (Å²) in [7, 11) is 3.77. The fourth-order valence-electron chi connectivity index (χ4n) is 2.25. The summed E-state index contributed by atoms with van der Waals surface area (Å²) in [4.78, 5) is 0. The van der Waals surface area contributed by atoms with Gasteiger partial charge in [-0.1, -0.05) is 17.7 Å². The molecule has 0 radical (unpaired) electrons. The molecule has 1 unspecified atom stereocenters. The van der Waals surface area contributed by atoms with E-state index in [0.29, 0.717) is 11.4 Å². The zero-order valence-electron chi connectivity index (χ0n) is 11.5. The lowest BCUT2D eigenvalue weighted by atomic mass is 10.0. The topological polar surface area (TPSA) is 29.9 Å². The first kappa shape index (κ1) is 15.5. The fraction of sp³-hybridized carbons (Fsp3) is 0.357. The molecule has 1 aromatic heterocycles. The van der Waals surface area contributed by atoms with Gasteiger partial charge in [-0.15, -0.1) is 0 Å². The van der Waals surface area contributed by atoms with Crippen molar-refractivity contribution in [2.24, 2.45) is 7.05 Å². The average Bonchev–Trinajstić information content (AvgIpc) is 2.62. The Kier molecular flexibility index (Phi) is 4.83. The van der Waals surface area contributed by atoms with Crippen molar-refractivity contribution in [3.63, 3.8) is 0 Å². The van der Waals surface area contributed by atoms with Crippen molar-refractivity contribution in [1.29, 1.82) is 0 Å². The molecule has 108 valence electrons. The van der Waals surface area contributed by atoms with Crippen molar-refractivity contribution < 1.29 is 4.39 Å². The molecule has 0 aliphatic heterocycles. The number of aromatic nitrogens is 2. The third-order valence-electron chi connectivity index (χ3n) is 3.35. The van der Waals surface area contributed by atoms with Crippen LogP contribution in [0.5, 0.6) is 0 Å². The van der Waals surface area contributed by atoms with Gasteiger partial charge in [-0.2, -0.15) is 5.10 Å². The van der Waals surface area contributed by atoms with E-state index in [1.165, 1.54) is 12.1 Å². The van der Waals surface area contributed by atoms with Crippen LogP contribution in [0.25, 0.3) is 0 Å². The second-order valence-corrected chi connectivity index (χ2v) is 5.88. The molecule has 0 saturated carbocycles. The van der Waals surface area contributed by atoms with Gasteiger partial charge in [0.1, 0.15) is 5.82 Å². The van der Waals surface area contributed by atoms with Gasteiger partial charge in [0, 0.05) is 24.5 Å². The van der Waals surface area contributed by atoms with Crippen molar-refractivity contribution in [3.8, 4) is 0 Å². The van der Waals surface area contributed by atoms with E-state index in [0.717, 1.165) is 21.4 Å². The monoisotopic (exact) mass is 359 g/mol. The molecule has 1 heterocycles. The summed E-state index contributed by atoms with van der Waals surface area (Å²) in [5.74, 6) is -0.328. The molecule has 0 aliphatic carbocycles. The highest BCUT2D eigenvalue weighted by atomic mass is 79.9. The van der Waals surface area contributed by atoms with Crippen LogP contribution in [-0.4, -0.2) is 16.8 Å². The smallest absolute Gasteiger partial charge is 0.124 e. The SMILES string of the molecule is CNC(Cc1c(Br)c(C)nn1C)c1ccc(F)cc1Cl. The first-order valence-electron chi connectivity index (χ1n) is 6.24. The maximum absolute atomic E-state index is 13.1. The molecular formula is C14H16BrClFN3. The Morgan fingerprint density at radius 2 is 2.20 bits per heavy atom. The molecular weight excluding hydrogens is 345 g/mol. The normalized spacial score (nSPS) is 12.7. The second kappa shape index (κ2) is 6.24. The van der Waals surface area contributed by atoms with Crippen molar-refractivity contribution in [2.75, 3.05) is 7.05 Å². The van der Waals surface area contributed by atoms with Crippen LogP contribution in [0.15, 0.2) is 22.7 Å². The molecule has 1 aromatic carbocycles. The van der Waals surface area contributed by atoms with E-state index in [1.54, 1.807) is 6.07 Å². The number of aryl methyl sites for hydroxylation is 2. The first-order valence-corrected chi connectivity index (χ1v) is 7.41. The molecule has 3 nitrogen and oxygen atoms in total. The lowest BCUT2D eigenvalue weighted by molar-refractivity contribution is 0.557. The summed E-state index contributed by atoms with van der Waals surface area (Å²) in [6.45, 7) is 1.95. The Morgan fingerprint density at radius 1 is 1.50 bits per heavy atom. The zero-order chi connectivity index (χ0) is 14.9. The second-order valence-electron chi connectivity index (χ2n) is 4.68. The number of hydrogen-bond donors (Lipinski definition) is 1. The summed E-state index contributed by atoms with van der Waals surface area (Å²) >= 11 is 9.70. The van der Waals surface area contributed by atoms with Crippen LogP contribution in [-0.2, 0) is 13.5 Å². The van der Waals surface area contributed by atoms with Gasteiger partial charge in [-0.3, -0.25) is 4.68 Å². The Hall–Kier alpha value is -0.910. The number of likely N-dealkylation sites (N-methyl/N-ethyl adjacent to an activating group) is 1. The maximum Gasteiger partial charge on any atom is 0.124 e. The Bertz CT molecular complexity index is 627. The molecule has 1 atom stereocenters. The van der Waals surface area contributed by atoms with Crippen LogP contribution in [0.4, 0.5) is 4.39 Å². The third-order valence-corrected chi connectivity index (χ3v) is 4.70. The molecule has 2 rings (SSSR count). The predicted molar refractivity (Wildman–Crippen MR) is 82.6 cm³/mol. The van der Waals surface area contributed by atoms with E-state index >= 15 is 0 Å². The number of rotatable bonds is 4. The molecule has 0 saturated heterocycles.